The van der Waals surface area contributed by atoms with Gasteiger partial charge in [0.05, 0.1) is 18.3 Å². The maximum absolute atomic E-state index is 12.3. The molecule has 0 aliphatic rings. The van der Waals surface area contributed by atoms with Crippen molar-refractivity contribution in [2.24, 2.45) is 5.10 Å². The van der Waals surface area contributed by atoms with Crippen molar-refractivity contribution < 1.29 is 14.3 Å². The number of ether oxygens (including phenoxy) is 1. The molecule has 3 rings (SSSR count). The van der Waals surface area contributed by atoms with Crippen molar-refractivity contribution >= 4 is 39.7 Å². The molecule has 0 heterocycles. The van der Waals surface area contributed by atoms with Crippen molar-refractivity contribution in [1.82, 2.24) is 5.43 Å². The second-order valence-electron chi connectivity index (χ2n) is 6.40. The van der Waals surface area contributed by atoms with Gasteiger partial charge in [-0.05, 0) is 64.3 Å². The summed E-state index contributed by atoms with van der Waals surface area (Å²) in [5.74, 6) is -0.356. The highest BCUT2D eigenvalue weighted by Crippen LogP contribution is 2.19. The van der Waals surface area contributed by atoms with E-state index in [1.807, 2.05) is 37.3 Å². The summed E-state index contributed by atoms with van der Waals surface area (Å²) in [6.07, 6.45) is 1.49. The lowest BCUT2D eigenvalue weighted by atomic mass is 10.2. The second-order valence-corrected chi connectivity index (χ2v) is 7.26. The van der Waals surface area contributed by atoms with Crippen LogP contribution >= 0.6 is 15.9 Å². The number of halogens is 1. The van der Waals surface area contributed by atoms with Crippen molar-refractivity contribution in [3.63, 3.8) is 0 Å². The van der Waals surface area contributed by atoms with Gasteiger partial charge in [0.15, 0.2) is 0 Å². The van der Waals surface area contributed by atoms with Gasteiger partial charge in [-0.25, -0.2) is 10.2 Å². The molecule has 0 aromatic heterocycles. The first kappa shape index (κ1) is 21.3. The molecule has 0 saturated heterocycles. The average molecular weight is 466 g/mol. The van der Waals surface area contributed by atoms with Crippen molar-refractivity contribution in [2.75, 3.05) is 11.9 Å². The minimum absolute atomic E-state index is 0.103. The molecule has 3 aromatic rings. The van der Waals surface area contributed by atoms with E-state index in [4.69, 9.17) is 4.74 Å². The Hall–Kier alpha value is -3.45. The van der Waals surface area contributed by atoms with E-state index in [-0.39, 0.29) is 12.5 Å². The van der Waals surface area contributed by atoms with Crippen LogP contribution in [0.5, 0.6) is 5.75 Å². The third kappa shape index (κ3) is 6.02. The van der Waals surface area contributed by atoms with Crippen molar-refractivity contribution in [2.45, 2.75) is 6.92 Å². The highest BCUT2D eigenvalue weighted by Gasteiger charge is 2.11. The van der Waals surface area contributed by atoms with Gasteiger partial charge < -0.3 is 10.1 Å². The Kier molecular flexibility index (Phi) is 7.34. The largest absolute Gasteiger partial charge is 0.423 e. The van der Waals surface area contributed by atoms with E-state index in [0.717, 1.165) is 11.3 Å². The van der Waals surface area contributed by atoms with Gasteiger partial charge in [-0.3, -0.25) is 4.79 Å². The summed E-state index contributed by atoms with van der Waals surface area (Å²) < 4.78 is 6.08. The molecule has 0 atom stereocenters. The number of nitrogens with zero attached hydrogens (tertiary/aromatic N) is 1. The van der Waals surface area contributed by atoms with E-state index < -0.39 is 5.97 Å². The Labute approximate surface area is 183 Å². The zero-order valence-corrected chi connectivity index (χ0v) is 17.8. The monoisotopic (exact) mass is 465 g/mol. The van der Waals surface area contributed by atoms with Gasteiger partial charge in [0.2, 0.25) is 0 Å². The van der Waals surface area contributed by atoms with Crippen LogP contribution in [0.25, 0.3) is 0 Å². The van der Waals surface area contributed by atoms with Gasteiger partial charge in [0, 0.05) is 10.2 Å². The number of amides is 1. The molecule has 3 aromatic carbocycles. The van der Waals surface area contributed by atoms with E-state index in [2.05, 4.69) is 31.8 Å². The Bertz CT molecular complexity index is 1080. The molecular formula is C23H20BrN3O3. The molecule has 0 spiro atoms. The fourth-order valence-electron chi connectivity index (χ4n) is 2.61. The molecule has 0 fully saturated rings. The van der Waals surface area contributed by atoms with E-state index in [9.17, 15) is 9.59 Å². The number of hydrogen-bond acceptors (Lipinski definition) is 5. The summed E-state index contributed by atoms with van der Waals surface area (Å²) in [6, 6.07) is 21.6. The highest BCUT2D eigenvalue weighted by molar-refractivity contribution is 9.10. The van der Waals surface area contributed by atoms with Crippen LogP contribution in [0.2, 0.25) is 0 Å². The van der Waals surface area contributed by atoms with Gasteiger partial charge in [0.25, 0.3) is 5.91 Å². The molecule has 30 heavy (non-hydrogen) atoms. The maximum atomic E-state index is 12.3. The number of esters is 1. The SMILES string of the molecule is Cc1ccccc1NCC(=O)NN=Cc1cccc(OC(=O)c2ccccc2Br)c1. The number of nitrogens with one attached hydrogen (secondary N) is 2. The molecule has 0 radical (unpaired) electrons. The molecule has 152 valence electrons. The van der Waals surface area contributed by atoms with Gasteiger partial charge >= 0.3 is 5.97 Å². The minimum Gasteiger partial charge on any atom is -0.423 e. The van der Waals surface area contributed by atoms with Crippen LogP contribution in [0.4, 0.5) is 5.69 Å². The Balaban J connectivity index is 1.54. The Morgan fingerprint density at radius 2 is 1.80 bits per heavy atom. The number of aryl methyl sites for hydroxylation is 1. The topological polar surface area (TPSA) is 79.8 Å². The molecular weight excluding hydrogens is 446 g/mol. The van der Waals surface area contributed by atoms with Crippen LogP contribution in [-0.2, 0) is 4.79 Å². The van der Waals surface area contributed by atoms with Gasteiger partial charge in [-0.2, -0.15) is 5.10 Å². The van der Waals surface area contributed by atoms with Crippen LogP contribution in [-0.4, -0.2) is 24.6 Å². The lowest BCUT2D eigenvalue weighted by Gasteiger charge is -2.08. The minimum atomic E-state index is -0.466. The summed E-state index contributed by atoms with van der Waals surface area (Å²) in [5, 5.41) is 7.02. The predicted molar refractivity (Wildman–Crippen MR) is 121 cm³/mol. The number of carbonyl (C=O) groups is 2. The van der Waals surface area contributed by atoms with Crippen LogP contribution < -0.4 is 15.5 Å². The predicted octanol–water partition coefficient (Wildman–Crippen LogP) is 4.54. The van der Waals surface area contributed by atoms with Crippen molar-refractivity contribution in [1.29, 1.82) is 0 Å². The average Bonchev–Trinajstić information content (AvgIpc) is 2.74. The summed E-state index contributed by atoms with van der Waals surface area (Å²) in [6.45, 7) is 2.07. The van der Waals surface area contributed by atoms with Gasteiger partial charge in [-0.15, -0.1) is 0 Å². The molecule has 0 saturated carbocycles. The molecule has 2 N–H and O–H groups in total. The first-order valence-electron chi connectivity index (χ1n) is 9.21. The number of carbonyl (C=O) groups excluding carboxylic acids is 2. The quantitative estimate of drug-likeness (QED) is 0.232. The molecule has 1 amide bonds. The lowest BCUT2D eigenvalue weighted by Crippen LogP contribution is -2.26. The molecule has 0 unspecified atom stereocenters. The zero-order valence-electron chi connectivity index (χ0n) is 16.3. The molecule has 6 nitrogen and oxygen atoms in total. The van der Waals surface area contributed by atoms with Gasteiger partial charge in [-0.1, -0.05) is 42.5 Å². The first-order chi connectivity index (χ1) is 14.5. The Morgan fingerprint density at radius 3 is 2.60 bits per heavy atom. The number of anilines is 1. The number of hydrogen-bond donors (Lipinski definition) is 2. The summed E-state index contributed by atoms with van der Waals surface area (Å²) in [4.78, 5) is 24.3. The molecule has 0 aliphatic heterocycles. The van der Waals surface area contributed by atoms with Crippen LogP contribution in [0.15, 0.2) is 82.4 Å². The first-order valence-corrected chi connectivity index (χ1v) is 10.0. The Morgan fingerprint density at radius 1 is 1.03 bits per heavy atom. The zero-order chi connectivity index (χ0) is 21.3. The van der Waals surface area contributed by atoms with E-state index in [1.54, 1.807) is 42.5 Å². The number of para-hydroxylation sites is 1. The molecule has 0 aliphatic carbocycles. The van der Waals surface area contributed by atoms with E-state index >= 15 is 0 Å². The second kappa shape index (κ2) is 10.4. The highest BCUT2D eigenvalue weighted by atomic mass is 79.9. The smallest absolute Gasteiger partial charge is 0.344 e. The van der Waals surface area contributed by atoms with Gasteiger partial charge in [0.1, 0.15) is 5.75 Å². The van der Waals surface area contributed by atoms with E-state index in [0.29, 0.717) is 21.3 Å². The van der Waals surface area contributed by atoms with Crippen molar-refractivity contribution in [3.8, 4) is 5.75 Å². The normalized spacial score (nSPS) is 10.6. The fourth-order valence-corrected chi connectivity index (χ4v) is 3.06. The van der Waals surface area contributed by atoms with Crippen LogP contribution in [0.1, 0.15) is 21.5 Å². The number of rotatable bonds is 7. The number of hydrazone groups is 1. The van der Waals surface area contributed by atoms with Crippen molar-refractivity contribution in [3.05, 3.63) is 94.0 Å². The third-order valence-corrected chi connectivity index (χ3v) is 4.84. The lowest BCUT2D eigenvalue weighted by molar-refractivity contribution is -0.119. The fraction of sp³-hybridized carbons (Fsp3) is 0.0870. The molecule has 0 bridgehead atoms. The van der Waals surface area contributed by atoms with Crippen LogP contribution in [0, 0.1) is 6.92 Å². The standard InChI is InChI=1S/C23H20BrN3O3/c1-16-7-2-5-12-21(16)25-15-22(28)27-26-14-17-8-6-9-18(13-17)30-23(29)19-10-3-4-11-20(19)24/h2-14,25H,15H2,1H3,(H,27,28). The summed E-state index contributed by atoms with van der Waals surface area (Å²) >= 11 is 3.34. The number of benzene rings is 3. The van der Waals surface area contributed by atoms with E-state index in [1.165, 1.54) is 6.21 Å². The summed E-state index contributed by atoms with van der Waals surface area (Å²) in [7, 11) is 0. The molecule has 7 heteroatoms. The third-order valence-electron chi connectivity index (χ3n) is 4.15. The maximum Gasteiger partial charge on any atom is 0.344 e. The summed E-state index contributed by atoms with van der Waals surface area (Å²) in [5.41, 5.74) is 5.54. The van der Waals surface area contributed by atoms with Crippen LogP contribution in [0.3, 0.4) is 0 Å².